The van der Waals surface area contributed by atoms with Crippen molar-refractivity contribution in [3.05, 3.63) is 11.6 Å². The van der Waals surface area contributed by atoms with Gasteiger partial charge in [-0.3, -0.25) is 14.4 Å². The minimum Gasteiger partial charge on any atom is -0.463 e. The van der Waals surface area contributed by atoms with Crippen molar-refractivity contribution in [1.82, 2.24) is 5.32 Å². The molecular weight excluding hydrogens is 659 g/mol. The molecule has 0 radical (unpaired) electrons. The Hall–Kier alpha value is -2.10. The molecule has 5 rings (SSSR count). The van der Waals surface area contributed by atoms with Crippen molar-refractivity contribution in [2.45, 2.75) is 168 Å². The van der Waals surface area contributed by atoms with Gasteiger partial charge in [0.2, 0.25) is 0 Å². The molecule has 7 nitrogen and oxygen atoms in total. The van der Waals surface area contributed by atoms with E-state index >= 15 is 0 Å². The largest absolute Gasteiger partial charge is 0.471 e. The first kappa shape index (κ1) is 40.1. The zero-order chi connectivity index (χ0) is 37.0. The van der Waals surface area contributed by atoms with Gasteiger partial charge in [-0.1, -0.05) is 72.0 Å². The summed E-state index contributed by atoms with van der Waals surface area (Å²) in [5.74, 6) is 1.56. The van der Waals surface area contributed by atoms with Crippen LogP contribution in [0.3, 0.4) is 0 Å². The molecule has 0 saturated heterocycles. The summed E-state index contributed by atoms with van der Waals surface area (Å²) in [5.41, 5.74) is 2.29. The smallest absolute Gasteiger partial charge is 0.463 e. The van der Waals surface area contributed by atoms with Gasteiger partial charge in [0.05, 0.1) is 31.6 Å². The van der Waals surface area contributed by atoms with Crippen molar-refractivity contribution in [3.8, 4) is 0 Å². The Morgan fingerprint density at radius 2 is 1.65 bits per heavy atom. The summed E-state index contributed by atoms with van der Waals surface area (Å²) in [5, 5.41) is 1.94. The van der Waals surface area contributed by atoms with Crippen LogP contribution in [-0.2, 0) is 28.6 Å². The zero-order valence-corrected chi connectivity index (χ0v) is 31.8. The molecular formula is C41H64F3NO6. The van der Waals surface area contributed by atoms with Crippen LogP contribution >= 0.6 is 0 Å². The topological polar surface area (TPSA) is 90.9 Å². The average Bonchev–Trinajstić information content (AvgIpc) is 3.43. The van der Waals surface area contributed by atoms with Gasteiger partial charge in [-0.05, 0) is 117 Å². The fraction of sp³-hybridized carbons (Fsp3) is 0.878. The van der Waals surface area contributed by atoms with E-state index < -0.39 is 36.2 Å². The van der Waals surface area contributed by atoms with Crippen molar-refractivity contribution >= 4 is 17.8 Å². The second-order valence-corrected chi connectivity index (χ2v) is 17.6. The van der Waals surface area contributed by atoms with E-state index in [1.807, 2.05) is 5.32 Å². The molecule has 10 heteroatoms. The van der Waals surface area contributed by atoms with Gasteiger partial charge in [0.25, 0.3) is 0 Å². The third-order valence-corrected chi connectivity index (χ3v) is 14.1. The molecule has 0 aromatic rings. The Balaban J connectivity index is 1.02. The van der Waals surface area contributed by atoms with Crippen LogP contribution < -0.4 is 5.32 Å². The Morgan fingerprint density at radius 1 is 0.902 bits per heavy atom. The molecule has 3 unspecified atom stereocenters. The number of nitrogens with one attached hydrogen (secondary N) is 1. The fourth-order valence-electron chi connectivity index (χ4n) is 11.3. The Kier molecular flexibility index (Phi) is 13.3. The molecule has 10 atom stereocenters. The molecule has 4 saturated carbocycles. The van der Waals surface area contributed by atoms with Gasteiger partial charge in [0.1, 0.15) is 12.7 Å². The third kappa shape index (κ3) is 9.53. The first-order valence-electron chi connectivity index (χ1n) is 20.2. The minimum atomic E-state index is -5.00. The van der Waals surface area contributed by atoms with E-state index in [4.69, 9.17) is 14.2 Å². The lowest BCUT2D eigenvalue weighted by Gasteiger charge is -2.58. The molecule has 5 aliphatic rings. The number of esters is 2. The second kappa shape index (κ2) is 16.9. The fourth-order valence-corrected chi connectivity index (χ4v) is 11.3. The van der Waals surface area contributed by atoms with Gasteiger partial charge in [-0.15, -0.1) is 0 Å². The number of ether oxygens (including phenoxy) is 3. The van der Waals surface area contributed by atoms with Crippen LogP contribution in [0.2, 0.25) is 0 Å². The molecule has 1 N–H and O–H groups in total. The van der Waals surface area contributed by atoms with E-state index in [9.17, 15) is 27.6 Å². The lowest BCUT2D eigenvalue weighted by molar-refractivity contribution is -0.176. The van der Waals surface area contributed by atoms with Crippen LogP contribution in [0.15, 0.2) is 11.6 Å². The highest BCUT2D eigenvalue weighted by Gasteiger charge is 2.59. The summed E-state index contributed by atoms with van der Waals surface area (Å²) in [7, 11) is 0. The number of hydrogen-bond acceptors (Lipinski definition) is 6. The van der Waals surface area contributed by atoms with Gasteiger partial charge < -0.3 is 19.5 Å². The predicted octanol–water partition coefficient (Wildman–Crippen LogP) is 9.27. The normalized spacial score (nSPS) is 35.5. The highest BCUT2D eigenvalue weighted by atomic mass is 19.4. The zero-order valence-electron chi connectivity index (χ0n) is 31.8. The van der Waals surface area contributed by atoms with Crippen LogP contribution in [0, 0.1) is 46.3 Å². The molecule has 0 aromatic heterocycles. The Morgan fingerprint density at radius 3 is 2.39 bits per heavy atom. The van der Waals surface area contributed by atoms with Gasteiger partial charge in [-0.25, -0.2) is 0 Å². The maximum atomic E-state index is 12.7. The number of fused-ring (bicyclic) bond motifs is 5. The maximum absolute atomic E-state index is 12.7. The summed E-state index contributed by atoms with van der Waals surface area (Å²) >= 11 is 0. The maximum Gasteiger partial charge on any atom is 0.471 e. The van der Waals surface area contributed by atoms with Gasteiger partial charge in [-0.2, -0.15) is 13.2 Å². The van der Waals surface area contributed by atoms with Crippen LogP contribution in [-0.4, -0.2) is 55.5 Å². The average molecular weight is 724 g/mol. The first-order chi connectivity index (χ1) is 24.1. The summed E-state index contributed by atoms with van der Waals surface area (Å²) in [6.45, 7) is 12.8. The molecule has 0 heterocycles. The summed E-state index contributed by atoms with van der Waals surface area (Å²) in [6.07, 6.45) is 12.2. The second-order valence-electron chi connectivity index (χ2n) is 17.6. The highest BCUT2D eigenvalue weighted by Crippen LogP contribution is 2.67. The number of carbonyl (C=O) groups excluding carboxylic acids is 3. The van der Waals surface area contributed by atoms with Crippen molar-refractivity contribution in [2.24, 2.45) is 46.3 Å². The molecule has 0 aliphatic heterocycles. The number of amides is 1. The number of alkyl halides is 3. The van der Waals surface area contributed by atoms with E-state index in [1.165, 1.54) is 51.4 Å². The lowest BCUT2D eigenvalue weighted by atomic mass is 9.47. The van der Waals surface area contributed by atoms with Crippen molar-refractivity contribution in [1.29, 1.82) is 0 Å². The van der Waals surface area contributed by atoms with Gasteiger partial charge in [0, 0.05) is 0 Å². The monoisotopic (exact) mass is 723 g/mol. The van der Waals surface area contributed by atoms with Crippen LogP contribution in [0.5, 0.6) is 0 Å². The lowest BCUT2D eigenvalue weighted by Crippen LogP contribution is -2.51. The molecule has 290 valence electrons. The van der Waals surface area contributed by atoms with Crippen LogP contribution in [0.25, 0.3) is 0 Å². The summed E-state index contributed by atoms with van der Waals surface area (Å²) < 4.78 is 55.0. The molecule has 0 aromatic carbocycles. The highest BCUT2D eigenvalue weighted by molar-refractivity contribution is 5.82. The van der Waals surface area contributed by atoms with E-state index in [1.54, 1.807) is 5.57 Å². The number of rotatable bonds is 14. The van der Waals surface area contributed by atoms with Crippen LogP contribution in [0.1, 0.15) is 144 Å². The molecule has 0 spiro atoms. The molecule has 4 fully saturated rings. The molecule has 5 aliphatic carbocycles. The van der Waals surface area contributed by atoms with Crippen molar-refractivity contribution in [2.75, 3.05) is 13.2 Å². The molecule has 0 bridgehead atoms. The van der Waals surface area contributed by atoms with E-state index in [0.29, 0.717) is 31.1 Å². The third-order valence-electron chi connectivity index (χ3n) is 14.1. The summed E-state index contributed by atoms with van der Waals surface area (Å²) in [6, 6.07) is -0.902. The standard InChI is InChI=1S/C41H64F3NO6/c1-26(2)9-8-10-27(3)31-15-16-32-30-14-13-28-25-29(19-21-39(28,4)33(30)20-22-40(31,32)5)49-23-24-50-36(46)17-18-37(47)51-35-12-7-6-11-34(35)45-38(48)41(42,43)44/h13,26-27,29-35H,6-12,14-25H2,1-5H3,(H,45,48)/t27-,29+,30?,31-,32?,33?,34-,35-,39+,40-/m1/s1. The van der Waals surface area contributed by atoms with E-state index in [2.05, 4.69) is 40.7 Å². The van der Waals surface area contributed by atoms with Gasteiger partial charge in [0.15, 0.2) is 0 Å². The summed E-state index contributed by atoms with van der Waals surface area (Å²) in [4.78, 5) is 36.1. The minimum absolute atomic E-state index is 0.0941. The van der Waals surface area contributed by atoms with Crippen molar-refractivity contribution < 1.29 is 41.8 Å². The number of hydrogen-bond donors (Lipinski definition) is 1. The Bertz CT molecular complexity index is 1250. The van der Waals surface area contributed by atoms with Crippen molar-refractivity contribution in [3.63, 3.8) is 0 Å². The number of allylic oxidation sites excluding steroid dienone is 1. The van der Waals surface area contributed by atoms with E-state index in [0.717, 1.165) is 54.8 Å². The SMILES string of the molecule is CC(C)CCC[C@@H](C)[C@H]1CCC2C3CC=C4C[C@@H](OCCOC(=O)CCC(=O)O[C@@H]5CCCC[C@H]5NC(=O)C(F)(F)F)CC[C@]4(C)C3CC[C@@]21C. The predicted molar refractivity (Wildman–Crippen MR) is 189 cm³/mol. The quantitative estimate of drug-likeness (QED) is 0.109. The molecule has 1 amide bonds. The van der Waals surface area contributed by atoms with Gasteiger partial charge >= 0.3 is 24.0 Å². The van der Waals surface area contributed by atoms with E-state index in [-0.39, 0.29) is 37.6 Å². The number of halogens is 3. The van der Waals surface area contributed by atoms with Crippen LogP contribution in [0.4, 0.5) is 13.2 Å². The molecule has 51 heavy (non-hydrogen) atoms. The number of carbonyl (C=O) groups is 3. The Labute approximate surface area is 303 Å². The first-order valence-corrected chi connectivity index (χ1v) is 20.2.